The summed E-state index contributed by atoms with van der Waals surface area (Å²) < 4.78 is 11.7. The van der Waals surface area contributed by atoms with Crippen molar-refractivity contribution in [3.63, 3.8) is 0 Å². The molecule has 0 aliphatic carbocycles. The highest BCUT2D eigenvalue weighted by Crippen LogP contribution is 2.25. The molecule has 6 heteroatoms. The Kier molecular flexibility index (Phi) is 10.0. The van der Waals surface area contributed by atoms with Gasteiger partial charge in [-0.15, -0.1) is 0 Å². The molecule has 120 valence electrons. The summed E-state index contributed by atoms with van der Waals surface area (Å²) in [6, 6.07) is 5.54. The third kappa shape index (κ3) is 8.63. The fraction of sp³-hybridized carbons (Fsp3) is 0.600. The van der Waals surface area contributed by atoms with Crippen LogP contribution in [0.2, 0.25) is 5.02 Å². The predicted molar refractivity (Wildman–Crippen MR) is 90.2 cm³/mol. The van der Waals surface area contributed by atoms with Gasteiger partial charge in [0.25, 0.3) is 0 Å². The monoisotopic (exact) mass is 379 g/mol. The van der Waals surface area contributed by atoms with Crippen LogP contribution in [0.25, 0.3) is 0 Å². The first-order chi connectivity index (χ1) is 10.1. The molecule has 0 saturated carbocycles. The van der Waals surface area contributed by atoms with Crippen LogP contribution in [-0.4, -0.2) is 44.2 Å². The molecule has 1 aromatic rings. The van der Waals surface area contributed by atoms with Gasteiger partial charge in [-0.3, -0.25) is 0 Å². The lowest BCUT2D eigenvalue weighted by molar-refractivity contribution is 0.00749. The van der Waals surface area contributed by atoms with E-state index in [4.69, 9.17) is 21.1 Å². The first kappa shape index (κ1) is 18.7. The van der Waals surface area contributed by atoms with Gasteiger partial charge in [-0.1, -0.05) is 40.9 Å². The van der Waals surface area contributed by atoms with Gasteiger partial charge in [-0.2, -0.15) is 0 Å². The molecule has 0 heterocycles. The molecule has 1 aromatic carbocycles. The number of benzene rings is 1. The number of halogens is 2. The van der Waals surface area contributed by atoms with Crippen LogP contribution in [0.1, 0.15) is 19.8 Å². The van der Waals surface area contributed by atoms with E-state index < -0.39 is 6.10 Å². The van der Waals surface area contributed by atoms with Gasteiger partial charge < -0.3 is 19.9 Å². The van der Waals surface area contributed by atoms with Gasteiger partial charge in [0, 0.05) is 17.6 Å². The van der Waals surface area contributed by atoms with Crippen molar-refractivity contribution in [2.24, 2.45) is 0 Å². The zero-order valence-corrected chi connectivity index (χ0v) is 14.6. The quantitative estimate of drug-likeness (QED) is 0.575. The van der Waals surface area contributed by atoms with Crippen molar-refractivity contribution in [2.75, 3.05) is 38.3 Å². The van der Waals surface area contributed by atoms with E-state index in [-0.39, 0.29) is 6.61 Å². The molecule has 0 aliphatic heterocycles. The molecule has 0 radical (unpaired) electrons. The molecule has 4 nitrogen and oxygen atoms in total. The van der Waals surface area contributed by atoms with Gasteiger partial charge in [0.2, 0.25) is 0 Å². The van der Waals surface area contributed by atoms with Crippen molar-refractivity contribution in [3.05, 3.63) is 27.7 Å². The minimum absolute atomic E-state index is 0.274. The van der Waals surface area contributed by atoms with E-state index >= 15 is 0 Å². The van der Waals surface area contributed by atoms with Crippen molar-refractivity contribution >= 4 is 33.2 Å². The van der Waals surface area contributed by atoms with Gasteiger partial charge in [0.1, 0.15) is 0 Å². The summed E-state index contributed by atoms with van der Waals surface area (Å²) in [5.41, 5.74) is 0.785. The van der Waals surface area contributed by atoms with Crippen molar-refractivity contribution in [2.45, 2.75) is 25.9 Å². The molecule has 1 atom stereocenters. The van der Waals surface area contributed by atoms with E-state index in [0.29, 0.717) is 24.8 Å². The molecule has 21 heavy (non-hydrogen) atoms. The standard InChI is InChI=1S/C15H23BrClNO3/c1-2-3-6-20-7-8-21-11-13(19)10-18-15-9-12(16)4-5-14(15)17/h4-5,9,13,18-19H,2-3,6-8,10-11H2,1H3. The molecule has 0 spiro atoms. The van der Waals surface area contributed by atoms with Crippen LogP contribution < -0.4 is 5.32 Å². The zero-order valence-electron chi connectivity index (χ0n) is 12.3. The van der Waals surface area contributed by atoms with Crippen molar-refractivity contribution < 1.29 is 14.6 Å². The number of nitrogens with one attached hydrogen (secondary N) is 1. The van der Waals surface area contributed by atoms with Crippen LogP contribution >= 0.6 is 27.5 Å². The number of hydrogen-bond donors (Lipinski definition) is 2. The van der Waals surface area contributed by atoms with E-state index in [9.17, 15) is 5.11 Å². The summed E-state index contributed by atoms with van der Waals surface area (Å²) in [4.78, 5) is 0. The Hall–Kier alpha value is -0.330. The number of aliphatic hydroxyl groups excluding tert-OH is 1. The largest absolute Gasteiger partial charge is 0.389 e. The Morgan fingerprint density at radius 2 is 2.05 bits per heavy atom. The Morgan fingerprint density at radius 3 is 2.81 bits per heavy atom. The molecule has 1 unspecified atom stereocenters. The lowest BCUT2D eigenvalue weighted by Gasteiger charge is -2.14. The summed E-state index contributed by atoms with van der Waals surface area (Å²) >= 11 is 9.43. The third-order valence-corrected chi connectivity index (χ3v) is 3.60. The number of unbranched alkanes of at least 4 members (excludes halogenated alkanes) is 1. The fourth-order valence-corrected chi connectivity index (χ4v) is 2.15. The van der Waals surface area contributed by atoms with Crippen LogP contribution in [-0.2, 0) is 9.47 Å². The van der Waals surface area contributed by atoms with Crippen LogP contribution in [0, 0.1) is 0 Å². The highest BCUT2D eigenvalue weighted by Gasteiger charge is 2.06. The minimum Gasteiger partial charge on any atom is -0.389 e. The van der Waals surface area contributed by atoms with Gasteiger partial charge in [0.15, 0.2) is 0 Å². The molecule has 0 saturated heterocycles. The molecule has 0 bridgehead atoms. The second-order valence-electron chi connectivity index (χ2n) is 4.70. The fourth-order valence-electron chi connectivity index (χ4n) is 1.61. The Bertz CT molecular complexity index is 407. The second kappa shape index (κ2) is 11.3. The maximum Gasteiger partial charge on any atom is 0.0945 e. The average Bonchev–Trinajstić information content (AvgIpc) is 2.47. The van der Waals surface area contributed by atoms with Gasteiger partial charge in [0.05, 0.1) is 36.6 Å². The maximum atomic E-state index is 9.83. The highest BCUT2D eigenvalue weighted by molar-refractivity contribution is 9.10. The molecule has 0 fully saturated rings. The maximum absolute atomic E-state index is 9.83. The number of hydrogen-bond acceptors (Lipinski definition) is 4. The van der Waals surface area contributed by atoms with Crippen molar-refractivity contribution in [3.8, 4) is 0 Å². The van der Waals surface area contributed by atoms with Crippen molar-refractivity contribution in [1.29, 1.82) is 0 Å². The van der Waals surface area contributed by atoms with Gasteiger partial charge in [-0.05, 0) is 24.6 Å². The summed E-state index contributed by atoms with van der Waals surface area (Å²) in [6.07, 6.45) is 1.61. The SMILES string of the molecule is CCCCOCCOCC(O)CNc1cc(Br)ccc1Cl. The molecule has 2 N–H and O–H groups in total. The summed E-state index contributed by atoms with van der Waals surface area (Å²) in [7, 11) is 0. The number of ether oxygens (including phenoxy) is 2. The zero-order chi connectivity index (χ0) is 15.5. The van der Waals surface area contributed by atoms with Crippen molar-refractivity contribution in [1.82, 2.24) is 0 Å². The Labute approximate surface area is 139 Å². The van der Waals surface area contributed by atoms with Crippen LogP contribution in [0.4, 0.5) is 5.69 Å². The molecular weight excluding hydrogens is 358 g/mol. The first-order valence-electron chi connectivity index (χ1n) is 7.16. The van der Waals surface area contributed by atoms with Crippen LogP contribution in [0.15, 0.2) is 22.7 Å². The smallest absolute Gasteiger partial charge is 0.0945 e. The summed E-state index contributed by atoms with van der Waals surface area (Å²) in [5, 5.41) is 13.5. The summed E-state index contributed by atoms with van der Waals surface area (Å²) in [5.74, 6) is 0. The van der Waals surface area contributed by atoms with E-state index in [1.807, 2.05) is 12.1 Å². The normalized spacial score (nSPS) is 12.4. The van der Waals surface area contributed by atoms with E-state index in [2.05, 4.69) is 28.2 Å². The van der Waals surface area contributed by atoms with Gasteiger partial charge >= 0.3 is 0 Å². The molecule has 0 aromatic heterocycles. The number of aliphatic hydroxyl groups is 1. The number of rotatable bonds is 11. The molecule has 0 amide bonds. The van der Waals surface area contributed by atoms with E-state index in [0.717, 1.165) is 29.6 Å². The second-order valence-corrected chi connectivity index (χ2v) is 6.02. The molecular formula is C15H23BrClNO3. The molecule has 0 aliphatic rings. The molecule has 1 rings (SSSR count). The predicted octanol–water partition coefficient (Wildman–Crippen LogP) is 3.71. The van der Waals surface area contributed by atoms with Crippen LogP contribution in [0.5, 0.6) is 0 Å². The topological polar surface area (TPSA) is 50.7 Å². The lowest BCUT2D eigenvalue weighted by Crippen LogP contribution is -2.25. The highest BCUT2D eigenvalue weighted by atomic mass is 79.9. The Morgan fingerprint density at radius 1 is 1.29 bits per heavy atom. The number of anilines is 1. The third-order valence-electron chi connectivity index (χ3n) is 2.78. The lowest BCUT2D eigenvalue weighted by atomic mass is 10.3. The van der Waals surface area contributed by atoms with Gasteiger partial charge in [-0.25, -0.2) is 0 Å². The summed E-state index contributed by atoms with van der Waals surface area (Å²) in [6.45, 7) is 4.62. The van der Waals surface area contributed by atoms with Crippen LogP contribution in [0.3, 0.4) is 0 Å². The minimum atomic E-state index is -0.587. The Balaban J connectivity index is 2.11. The average molecular weight is 381 g/mol. The first-order valence-corrected chi connectivity index (χ1v) is 8.33. The van der Waals surface area contributed by atoms with E-state index in [1.54, 1.807) is 6.07 Å². The van der Waals surface area contributed by atoms with E-state index in [1.165, 1.54) is 0 Å².